The van der Waals surface area contributed by atoms with Crippen LogP contribution in [-0.2, 0) is 6.54 Å². The van der Waals surface area contributed by atoms with Gasteiger partial charge in [-0.1, -0.05) is 36.5 Å². The number of halogens is 2. The number of aromatic nitrogens is 1. The number of rotatable bonds is 4. The van der Waals surface area contributed by atoms with Gasteiger partial charge < -0.3 is 9.67 Å². The minimum atomic E-state index is -1.03. The van der Waals surface area contributed by atoms with Crippen molar-refractivity contribution in [3.63, 3.8) is 0 Å². The van der Waals surface area contributed by atoms with Gasteiger partial charge in [-0.05, 0) is 24.6 Å². The molecule has 18 heavy (non-hydrogen) atoms. The minimum absolute atomic E-state index is 0.130. The van der Waals surface area contributed by atoms with Crippen LogP contribution in [0.25, 0.3) is 10.9 Å². The third-order valence-electron chi connectivity index (χ3n) is 2.91. The van der Waals surface area contributed by atoms with Crippen molar-refractivity contribution < 1.29 is 9.90 Å². The van der Waals surface area contributed by atoms with Gasteiger partial charge in [0.25, 0.3) is 0 Å². The van der Waals surface area contributed by atoms with Crippen LogP contribution in [-0.4, -0.2) is 15.6 Å². The zero-order valence-corrected chi connectivity index (χ0v) is 11.4. The number of carbonyl (C=O) groups is 1. The molecule has 0 aliphatic rings. The van der Waals surface area contributed by atoms with E-state index in [2.05, 4.69) is 6.92 Å². The monoisotopic (exact) mass is 285 g/mol. The maximum atomic E-state index is 11.3. The maximum Gasteiger partial charge on any atom is 0.339 e. The average Bonchev–Trinajstić information content (AvgIpc) is 2.58. The molecule has 0 aliphatic carbocycles. The Morgan fingerprint density at radius 1 is 1.39 bits per heavy atom. The molecule has 1 heterocycles. The molecule has 0 fully saturated rings. The summed E-state index contributed by atoms with van der Waals surface area (Å²) >= 11 is 12.1. The smallest absolute Gasteiger partial charge is 0.339 e. The summed E-state index contributed by atoms with van der Waals surface area (Å²) in [6, 6.07) is 5.20. The summed E-state index contributed by atoms with van der Waals surface area (Å²) < 4.78 is 1.83. The molecule has 1 aromatic carbocycles. The first-order valence-corrected chi connectivity index (χ1v) is 6.52. The molecule has 96 valence electrons. The quantitative estimate of drug-likeness (QED) is 0.902. The van der Waals surface area contributed by atoms with Crippen LogP contribution in [0.3, 0.4) is 0 Å². The van der Waals surface area contributed by atoms with Crippen molar-refractivity contribution in [3.8, 4) is 0 Å². The number of benzene rings is 1. The van der Waals surface area contributed by atoms with Crippen LogP contribution in [0.2, 0.25) is 10.2 Å². The second-order valence-corrected chi connectivity index (χ2v) is 4.93. The number of carboxylic acids is 1. The number of aryl methyl sites for hydroxylation is 1. The molecule has 0 bridgehead atoms. The standard InChI is InChI=1S/C13H13Cl2NO2/c1-2-3-6-16-10-5-4-8(14)7-9(10)11(12(16)15)13(17)18/h4-5,7H,2-3,6H2,1H3,(H,17,18). The van der Waals surface area contributed by atoms with Crippen LogP contribution >= 0.6 is 23.2 Å². The van der Waals surface area contributed by atoms with E-state index < -0.39 is 5.97 Å². The van der Waals surface area contributed by atoms with E-state index in [1.54, 1.807) is 12.1 Å². The fraction of sp³-hybridized carbons (Fsp3) is 0.308. The number of hydrogen-bond donors (Lipinski definition) is 1. The summed E-state index contributed by atoms with van der Waals surface area (Å²) in [5.74, 6) is -1.03. The zero-order chi connectivity index (χ0) is 13.3. The molecular formula is C13H13Cl2NO2. The van der Waals surface area contributed by atoms with Crippen LogP contribution < -0.4 is 0 Å². The number of aromatic carboxylic acids is 1. The van der Waals surface area contributed by atoms with Crippen LogP contribution in [0.5, 0.6) is 0 Å². The molecule has 2 aromatic rings. The van der Waals surface area contributed by atoms with Gasteiger partial charge in [0.1, 0.15) is 10.7 Å². The lowest BCUT2D eigenvalue weighted by Gasteiger charge is -2.05. The molecule has 0 atom stereocenters. The zero-order valence-electron chi connectivity index (χ0n) is 9.91. The molecular weight excluding hydrogens is 273 g/mol. The highest BCUT2D eigenvalue weighted by Crippen LogP contribution is 2.32. The van der Waals surface area contributed by atoms with Gasteiger partial charge in [-0.25, -0.2) is 4.79 Å². The summed E-state index contributed by atoms with van der Waals surface area (Å²) in [4.78, 5) is 11.3. The number of fused-ring (bicyclic) bond motifs is 1. The molecule has 0 aliphatic heterocycles. The van der Waals surface area contributed by atoms with E-state index in [1.807, 2.05) is 10.6 Å². The minimum Gasteiger partial charge on any atom is -0.478 e. The van der Waals surface area contributed by atoms with Gasteiger partial charge in [-0.2, -0.15) is 0 Å². The van der Waals surface area contributed by atoms with Gasteiger partial charge in [-0.3, -0.25) is 0 Å². The molecule has 2 rings (SSSR count). The molecule has 0 saturated heterocycles. The van der Waals surface area contributed by atoms with Gasteiger partial charge in [0, 0.05) is 17.0 Å². The Bertz CT molecular complexity index is 605. The number of unbranched alkanes of at least 4 members (excludes halogenated alkanes) is 1. The van der Waals surface area contributed by atoms with E-state index in [0.29, 0.717) is 17.0 Å². The normalized spacial score (nSPS) is 11.1. The second kappa shape index (κ2) is 5.21. The Balaban J connectivity index is 2.70. The largest absolute Gasteiger partial charge is 0.478 e. The Kier molecular flexibility index (Phi) is 3.83. The summed E-state index contributed by atoms with van der Waals surface area (Å²) in [5, 5.41) is 10.6. The van der Waals surface area contributed by atoms with Crippen LogP contribution in [0.15, 0.2) is 18.2 Å². The van der Waals surface area contributed by atoms with Crippen molar-refractivity contribution in [2.45, 2.75) is 26.3 Å². The molecule has 0 spiro atoms. The van der Waals surface area contributed by atoms with Crippen molar-refractivity contribution in [2.24, 2.45) is 0 Å². The summed E-state index contributed by atoms with van der Waals surface area (Å²) in [6.45, 7) is 2.79. The molecule has 5 heteroatoms. The summed E-state index contributed by atoms with van der Waals surface area (Å²) in [6.07, 6.45) is 1.97. The Labute approximate surface area is 115 Å². The van der Waals surface area contributed by atoms with Crippen molar-refractivity contribution in [2.75, 3.05) is 0 Å². The first-order valence-electron chi connectivity index (χ1n) is 5.76. The van der Waals surface area contributed by atoms with Crippen molar-refractivity contribution >= 4 is 40.1 Å². The van der Waals surface area contributed by atoms with Gasteiger partial charge in [-0.15, -0.1) is 0 Å². The lowest BCUT2D eigenvalue weighted by atomic mass is 10.2. The highest BCUT2D eigenvalue weighted by Gasteiger charge is 2.20. The Morgan fingerprint density at radius 3 is 2.72 bits per heavy atom. The molecule has 0 radical (unpaired) electrons. The van der Waals surface area contributed by atoms with Crippen molar-refractivity contribution in [1.29, 1.82) is 0 Å². The fourth-order valence-electron chi connectivity index (χ4n) is 2.03. The van der Waals surface area contributed by atoms with Gasteiger partial charge in [0.2, 0.25) is 0 Å². The Hall–Kier alpha value is -1.19. The fourth-order valence-corrected chi connectivity index (χ4v) is 2.56. The first-order chi connectivity index (χ1) is 8.56. The molecule has 0 unspecified atom stereocenters. The lowest BCUT2D eigenvalue weighted by molar-refractivity contribution is 0.0699. The van der Waals surface area contributed by atoms with Crippen LogP contribution in [0.4, 0.5) is 0 Å². The molecule has 3 nitrogen and oxygen atoms in total. The lowest BCUT2D eigenvalue weighted by Crippen LogP contribution is -2.00. The van der Waals surface area contributed by atoms with E-state index >= 15 is 0 Å². The topological polar surface area (TPSA) is 42.2 Å². The summed E-state index contributed by atoms with van der Waals surface area (Å²) in [7, 11) is 0. The highest BCUT2D eigenvalue weighted by atomic mass is 35.5. The third-order valence-corrected chi connectivity index (χ3v) is 3.54. The van der Waals surface area contributed by atoms with E-state index in [0.717, 1.165) is 18.4 Å². The van der Waals surface area contributed by atoms with Gasteiger partial charge in [0.15, 0.2) is 0 Å². The van der Waals surface area contributed by atoms with E-state index in [1.165, 1.54) is 0 Å². The molecule has 1 N–H and O–H groups in total. The van der Waals surface area contributed by atoms with Gasteiger partial charge in [0.05, 0.1) is 5.52 Å². The van der Waals surface area contributed by atoms with E-state index in [4.69, 9.17) is 23.2 Å². The molecule has 0 saturated carbocycles. The first kappa shape index (κ1) is 13.2. The van der Waals surface area contributed by atoms with Gasteiger partial charge >= 0.3 is 5.97 Å². The second-order valence-electron chi connectivity index (χ2n) is 4.14. The average molecular weight is 286 g/mol. The van der Waals surface area contributed by atoms with Crippen molar-refractivity contribution in [3.05, 3.63) is 33.9 Å². The van der Waals surface area contributed by atoms with E-state index in [9.17, 15) is 9.90 Å². The SMILES string of the molecule is CCCCn1c(Cl)c(C(=O)O)c2cc(Cl)ccc21. The predicted octanol–water partition coefficient (Wildman–Crippen LogP) is 4.45. The molecule has 0 amide bonds. The third kappa shape index (κ3) is 2.20. The van der Waals surface area contributed by atoms with E-state index in [-0.39, 0.29) is 10.7 Å². The van der Waals surface area contributed by atoms with Crippen LogP contribution in [0, 0.1) is 0 Å². The summed E-state index contributed by atoms with van der Waals surface area (Å²) in [5.41, 5.74) is 0.945. The predicted molar refractivity (Wildman–Crippen MR) is 73.8 cm³/mol. The number of nitrogens with zero attached hydrogens (tertiary/aromatic N) is 1. The highest BCUT2D eigenvalue weighted by molar-refractivity contribution is 6.36. The molecule has 1 aromatic heterocycles. The van der Waals surface area contributed by atoms with Crippen molar-refractivity contribution in [1.82, 2.24) is 4.57 Å². The Morgan fingerprint density at radius 2 is 2.11 bits per heavy atom. The van der Waals surface area contributed by atoms with Crippen LogP contribution in [0.1, 0.15) is 30.1 Å². The number of hydrogen-bond acceptors (Lipinski definition) is 1. The number of carboxylic acid groups (broad SMARTS) is 1. The maximum absolute atomic E-state index is 11.3.